The van der Waals surface area contributed by atoms with E-state index in [-0.39, 0.29) is 0 Å². The van der Waals surface area contributed by atoms with Crippen LogP contribution >= 0.6 is 0 Å². The van der Waals surface area contributed by atoms with Gasteiger partial charge in [0.1, 0.15) is 0 Å². The van der Waals surface area contributed by atoms with E-state index >= 15 is 0 Å². The highest BCUT2D eigenvalue weighted by Crippen LogP contribution is 2.21. The maximum absolute atomic E-state index is 3.48. The molecule has 0 saturated carbocycles. The Morgan fingerprint density at radius 3 is 2.06 bits per heavy atom. The molecule has 1 nitrogen and oxygen atoms in total. The molecule has 108 valence electrons. The van der Waals surface area contributed by atoms with Crippen molar-refractivity contribution in [2.24, 2.45) is 5.92 Å². The molecule has 0 aliphatic carbocycles. The largest absolute Gasteiger partial charge is 0.308 e. The smallest absolute Gasteiger partial charge is 0.0221 e. The van der Waals surface area contributed by atoms with Gasteiger partial charge >= 0.3 is 0 Å². The van der Waals surface area contributed by atoms with Crippen LogP contribution < -0.4 is 5.32 Å². The Kier molecular flexibility index (Phi) is 8.75. The van der Waals surface area contributed by atoms with Gasteiger partial charge in [0.05, 0.1) is 0 Å². The molecule has 18 heavy (non-hydrogen) atoms. The van der Waals surface area contributed by atoms with E-state index in [4.69, 9.17) is 0 Å². The van der Waals surface area contributed by atoms with E-state index in [0.717, 1.165) is 18.0 Å². The number of hydrogen-bond acceptors (Lipinski definition) is 1. The molecule has 0 aromatic carbocycles. The molecule has 1 heteroatoms. The van der Waals surface area contributed by atoms with Crippen LogP contribution in [0.3, 0.4) is 0 Å². The third kappa shape index (κ3) is 8.13. The van der Waals surface area contributed by atoms with Crippen LogP contribution in [0.25, 0.3) is 0 Å². The van der Waals surface area contributed by atoms with Crippen LogP contribution in [0.2, 0.25) is 0 Å². The van der Waals surface area contributed by atoms with Crippen LogP contribution in [0.4, 0.5) is 0 Å². The van der Waals surface area contributed by atoms with E-state index in [0.29, 0.717) is 0 Å². The Morgan fingerprint density at radius 2 is 1.44 bits per heavy atom. The summed E-state index contributed by atoms with van der Waals surface area (Å²) < 4.78 is 0. The summed E-state index contributed by atoms with van der Waals surface area (Å²) >= 11 is 0. The van der Waals surface area contributed by atoms with Gasteiger partial charge in [-0.15, -0.1) is 0 Å². The normalized spacial score (nSPS) is 24.2. The van der Waals surface area contributed by atoms with Crippen molar-refractivity contribution in [1.29, 1.82) is 0 Å². The zero-order chi connectivity index (χ0) is 13.2. The van der Waals surface area contributed by atoms with Crippen LogP contribution in [0.5, 0.6) is 0 Å². The van der Waals surface area contributed by atoms with Gasteiger partial charge in [-0.25, -0.2) is 0 Å². The van der Waals surface area contributed by atoms with Gasteiger partial charge in [-0.1, -0.05) is 78.1 Å². The fourth-order valence-corrected chi connectivity index (χ4v) is 2.89. The third-order valence-electron chi connectivity index (χ3n) is 4.48. The highest BCUT2D eigenvalue weighted by atomic mass is 15.1. The van der Waals surface area contributed by atoms with E-state index in [1.807, 2.05) is 0 Å². The summed E-state index contributed by atoms with van der Waals surface area (Å²) in [7, 11) is 0. The van der Waals surface area contributed by atoms with Crippen molar-refractivity contribution in [3.8, 4) is 0 Å². The monoisotopic (exact) mass is 253 g/mol. The second kappa shape index (κ2) is 9.83. The zero-order valence-electron chi connectivity index (χ0n) is 13.0. The standard InChI is InChI=1S/C17H35N/c1-4-5-6-7-8-9-12-15(2)13-10-11-14-17-16(3)18-17/h15-18H,4-14H2,1-3H3. The fourth-order valence-electron chi connectivity index (χ4n) is 2.89. The van der Waals surface area contributed by atoms with Crippen LogP contribution in [0, 0.1) is 5.92 Å². The lowest BCUT2D eigenvalue weighted by Gasteiger charge is -2.10. The Morgan fingerprint density at radius 1 is 0.889 bits per heavy atom. The fraction of sp³-hybridized carbons (Fsp3) is 1.00. The summed E-state index contributed by atoms with van der Waals surface area (Å²) in [5, 5.41) is 3.48. The predicted molar refractivity (Wildman–Crippen MR) is 82.0 cm³/mol. The van der Waals surface area contributed by atoms with Crippen LogP contribution in [-0.4, -0.2) is 12.1 Å². The minimum absolute atomic E-state index is 0.811. The summed E-state index contributed by atoms with van der Waals surface area (Å²) in [5.74, 6) is 0.959. The molecule has 3 unspecified atom stereocenters. The van der Waals surface area contributed by atoms with Gasteiger partial charge in [-0.2, -0.15) is 0 Å². The molecule has 0 bridgehead atoms. The second-order valence-electron chi connectivity index (χ2n) is 6.51. The van der Waals surface area contributed by atoms with Gasteiger partial charge in [0.25, 0.3) is 0 Å². The Bertz CT molecular complexity index is 190. The lowest BCUT2D eigenvalue weighted by atomic mass is 9.96. The summed E-state index contributed by atoms with van der Waals surface area (Å²) in [5.41, 5.74) is 0. The molecule has 0 aromatic heterocycles. The molecule has 0 aromatic rings. The highest BCUT2D eigenvalue weighted by Gasteiger charge is 2.29. The molecule has 0 amide bonds. The van der Waals surface area contributed by atoms with Crippen LogP contribution in [-0.2, 0) is 0 Å². The molecular formula is C17H35N. The van der Waals surface area contributed by atoms with E-state index in [1.54, 1.807) is 0 Å². The van der Waals surface area contributed by atoms with Crippen molar-refractivity contribution >= 4 is 0 Å². The maximum atomic E-state index is 3.48. The molecule has 1 saturated heterocycles. The Labute approximate surface area is 115 Å². The molecule has 1 rings (SSSR count). The SMILES string of the molecule is CCCCCCCCC(C)CCCCC1NC1C. The van der Waals surface area contributed by atoms with Gasteiger partial charge in [-0.3, -0.25) is 0 Å². The van der Waals surface area contributed by atoms with Crippen molar-refractivity contribution in [3.05, 3.63) is 0 Å². The lowest BCUT2D eigenvalue weighted by molar-refractivity contribution is 0.434. The summed E-state index contributed by atoms with van der Waals surface area (Å²) in [6, 6.07) is 1.67. The van der Waals surface area contributed by atoms with E-state index in [9.17, 15) is 0 Å². The molecule has 1 aliphatic rings. The Balaban J connectivity index is 1.77. The molecule has 0 spiro atoms. The summed E-state index contributed by atoms with van der Waals surface area (Å²) in [6.45, 7) is 7.04. The van der Waals surface area contributed by atoms with Crippen LogP contribution in [0.15, 0.2) is 0 Å². The number of hydrogen-bond donors (Lipinski definition) is 1. The second-order valence-corrected chi connectivity index (χ2v) is 6.51. The topological polar surface area (TPSA) is 21.9 Å². The van der Waals surface area contributed by atoms with Crippen molar-refractivity contribution in [3.63, 3.8) is 0 Å². The first-order valence-electron chi connectivity index (χ1n) is 8.50. The van der Waals surface area contributed by atoms with E-state index in [1.165, 1.54) is 70.6 Å². The third-order valence-corrected chi connectivity index (χ3v) is 4.48. The van der Waals surface area contributed by atoms with Crippen molar-refractivity contribution in [1.82, 2.24) is 5.32 Å². The first-order valence-corrected chi connectivity index (χ1v) is 8.50. The minimum Gasteiger partial charge on any atom is -0.308 e. The van der Waals surface area contributed by atoms with Crippen molar-refractivity contribution < 1.29 is 0 Å². The van der Waals surface area contributed by atoms with Gasteiger partial charge in [-0.05, 0) is 19.3 Å². The first kappa shape index (κ1) is 16.0. The quantitative estimate of drug-likeness (QED) is 0.370. The molecule has 1 N–H and O–H groups in total. The molecular weight excluding hydrogens is 218 g/mol. The number of unbranched alkanes of at least 4 members (excludes halogenated alkanes) is 6. The van der Waals surface area contributed by atoms with Gasteiger partial charge in [0.15, 0.2) is 0 Å². The highest BCUT2D eigenvalue weighted by molar-refractivity contribution is 4.93. The minimum atomic E-state index is 0.811. The first-order chi connectivity index (χ1) is 8.74. The van der Waals surface area contributed by atoms with Gasteiger partial charge in [0, 0.05) is 12.1 Å². The van der Waals surface area contributed by atoms with Gasteiger partial charge in [0.2, 0.25) is 0 Å². The maximum Gasteiger partial charge on any atom is 0.0221 e. The van der Waals surface area contributed by atoms with Crippen molar-refractivity contribution in [2.45, 2.75) is 103 Å². The average molecular weight is 253 g/mol. The average Bonchev–Trinajstić information content (AvgIpc) is 3.05. The molecule has 1 aliphatic heterocycles. The van der Waals surface area contributed by atoms with Gasteiger partial charge < -0.3 is 5.32 Å². The van der Waals surface area contributed by atoms with Crippen molar-refractivity contribution in [2.75, 3.05) is 0 Å². The predicted octanol–water partition coefficient (Wildman–Crippen LogP) is 5.29. The molecule has 1 heterocycles. The number of nitrogens with one attached hydrogen (secondary N) is 1. The zero-order valence-corrected chi connectivity index (χ0v) is 13.0. The molecule has 1 fully saturated rings. The van der Waals surface area contributed by atoms with Crippen LogP contribution in [0.1, 0.15) is 91.4 Å². The molecule has 0 radical (unpaired) electrons. The Hall–Kier alpha value is -0.0400. The van der Waals surface area contributed by atoms with E-state index < -0.39 is 0 Å². The van der Waals surface area contributed by atoms with E-state index in [2.05, 4.69) is 26.1 Å². The molecule has 3 atom stereocenters. The summed E-state index contributed by atoms with van der Waals surface area (Å²) in [6.07, 6.45) is 15.9. The lowest BCUT2D eigenvalue weighted by Crippen LogP contribution is -1.97. The number of rotatable bonds is 12. The summed E-state index contributed by atoms with van der Waals surface area (Å²) in [4.78, 5) is 0.